The molecular weight excluding hydrogens is 240 g/mol. The molecule has 1 heterocycles. The van der Waals surface area contributed by atoms with Crippen molar-refractivity contribution in [2.45, 2.75) is 19.8 Å². The smallest absolute Gasteiger partial charge is 0.272 e. The van der Waals surface area contributed by atoms with E-state index in [-0.39, 0.29) is 5.91 Å². The average Bonchev–Trinajstić information content (AvgIpc) is 2.95. The summed E-state index contributed by atoms with van der Waals surface area (Å²) in [4.78, 5) is 14.7. The summed E-state index contributed by atoms with van der Waals surface area (Å²) in [6.07, 6.45) is 3.88. The highest BCUT2D eigenvalue weighted by Crippen LogP contribution is 2.16. The molecule has 0 aliphatic carbocycles. The van der Waals surface area contributed by atoms with Gasteiger partial charge in [0.15, 0.2) is 0 Å². The highest BCUT2D eigenvalue weighted by Gasteiger charge is 2.05. The number of ether oxygens (including phenoxy) is 1. The van der Waals surface area contributed by atoms with E-state index in [2.05, 4.69) is 17.2 Å². The molecule has 0 saturated carbocycles. The zero-order valence-corrected chi connectivity index (χ0v) is 11.0. The van der Waals surface area contributed by atoms with E-state index in [9.17, 15) is 4.79 Å². The van der Waals surface area contributed by atoms with Gasteiger partial charge in [-0.15, -0.1) is 0 Å². The molecule has 0 saturated heterocycles. The summed E-state index contributed by atoms with van der Waals surface area (Å²) in [5.41, 5.74) is 1.30. The van der Waals surface area contributed by atoms with Crippen LogP contribution in [0.1, 0.15) is 30.3 Å². The van der Waals surface area contributed by atoms with Crippen molar-refractivity contribution in [2.75, 3.05) is 11.9 Å². The maximum atomic E-state index is 11.8. The fraction of sp³-hybridized carbons (Fsp3) is 0.267. The Morgan fingerprint density at radius 2 is 2.05 bits per heavy atom. The Morgan fingerprint density at radius 3 is 2.68 bits per heavy atom. The van der Waals surface area contributed by atoms with Gasteiger partial charge >= 0.3 is 0 Å². The number of unbranched alkanes of at least 4 members (excludes halogenated alkanes) is 1. The predicted molar refractivity (Wildman–Crippen MR) is 75.6 cm³/mol. The topological polar surface area (TPSA) is 54.1 Å². The minimum absolute atomic E-state index is 0.148. The quantitative estimate of drug-likeness (QED) is 0.780. The number of hydrogen-bond donors (Lipinski definition) is 2. The second-order valence-corrected chi connectivity index (χ2v) is 4.26. The Kier molecular flexibility index (Phi) is 4.61. The third-order valence-corrected chi connectivity index (χ3v) is 2.72. The van der Waals surface area contributed by atoms with E-state index in [0.717, 1.165) is 30.9 Å². The highest BCUT2D eigenvalue weighted by atomic mass is 16.5. The Hall–Kier alpha value is -2.23. The molecule has 4 heteroatoms. The molecule has 0 radical (unpaired) electrons. The zero-order valence-electron chi connectivity index (χ0n) is 11.0. The van der Waals surface area contributed by atoms with Crippen molar-refractivity contribution in [3.8, 4) is 5.75 Å². The molecule has 0 spiro atoms. The highest BCUT2D eigenvalue weighted by molar-refractivity contribution is 6.02. The third kappa shape index (κ3) is 3.88. The van der Waals surface area contributed by atoms with E-state index in [1.807, 2.05) is 24.3 Å². The van der Waals surface area contributed by atoms with Gasteiger partial charge < -0.3 is 15.0 Å². The molecule has 1 amide bonds. The third-order valence-electron chi connectivity index (χ3n) is 2.72. The Balaban J connectivity index is 1.90. The maximum Gasteiger partial charge on any atom is 0.272 e. The lowest BCUT2D eigenvalue weighted by Crippen LogP contribution is -2.12. The largest absolute Gasteiger partial charge is 0.494 e. The molecule has 100 valence electrons. The summed E-state index contributed by atoms with van der Waals surface area (Å²) in [7, 11) is 0. The van der Waals surface area contributed by atoms with Crippen LogP contribution in [-0.2, 0) is 0 Å². The van der Waals surface area contributed by atoms with E-state index < -0.39 is 0 Å². The van der Waals surface area contributed by atoms with Crippen molar-refractivity contribution in [1.29, 1.82) is 0 Å². The number of aromatic amines is 1. The first kappa shape index (κ1) is 13.2. The van der Waals surface area contributed by atoms with Crippen LogP contribution in [0.25, 0.3) is 0 Å². The molecule has 0 fully saturated rings. The predicted octanol–water partition coefficient (Wildman–Crippen LogP) is 3.45. The summed E-state index contributed by atoms with van der Waals surface area (Å²) in [6, 6.07) is 10.9. The van der Waals surface area contributed by atoms with Crippen LogP contribution in [0, 0.1) is 0 Å². The minimum atomic E-state index is -0.148. The van der Waals surface area contributed by atoms with Gasteiger partial charge in [0.1, 0.15) is 11.4 Å². The zero-order chi connectivity index (χ0) is 13.5. The molecular formula is C15H18N2O2. The van der Waals surface area contributed by atoms with Crippen molar-refractivity contribution in [3.05, 3.63) is 48.3 Å². The van der Waals surface area contributed by atoms with Gasteiger partial charge in [-0.1, -0.05) is 13.3 Å². The molecule has 19 heavy (non-hydrogen) atoms. The van der Waals surface area contributed by atoms with Crippen LogP contribution >= 0.6 is 0 Å². The monoisotopic (exact) mass is 258 g/mol. The fourth-order valence-corrected chi connectivity index (χ4v) is 1.64. The van der Waals surface area contributed by atoms with Gasteiger partial charge in [0.05, 0.1) is 6.61 Å². The van der Waals surface area contributed by atoms with E-state index in [4.69, 9.17) is 4.74 Å². The van der Waals surface area contributed by atoms with Crippen LogP contribution in [0.5, 0.6) is 5.75 Å². The molecule has 0 atom stereocenters. The number of H-pyrrole nitrogens is 1. The van der Waals surface area contributed by atoms with Crippen molar-refractivity contribution in [1.82, 2.24) is 4.98 Å². The van der Waals surface area contributed by atoms with Crippen LogP contribution in [0.2, 0.25) is 0 Å². The van der Waals surface area contributed by atoms with Crippen LogP contribution < -0.4 is 10.1 Å². The van der Waals surface area contributed by atoms with Crippen molar-refractivity contribution in [3.63, 3.8) is 0 Å². The van der Waals surface area contributed by atoms with Gasteiger partial charge in [-0.05, 0) is 42.8 Å². The van der Waals surface area contributed by atoms with E-state index in [0.29, 0.717) is 5.69 Å². The van der Waals surface area contributed by atoms with Gasteiger partial charge in [-0.3, -0.25) is 4.79 Å². The van der Waals surface area contributed by atoms with E-state index >= 15 is 0 Å². The first-order valence-corrected chi connectivity index (χ1v) is 6.47. The van der Waals surface area contributed by atoms with Crippen molar-refractivity contribution >= 4 is 11.6 Å². The number of carbonyl (C=O) groups excluding carboxylic acids is 1. The van der Waals surface area contributed by atoms with Crippen LogP contribution in [0.15, 0.2) is 42.6 Å². The Morgan fingerprint density at radius 1 is 1.26 bits per heavy atom. The molecule has 0 aliphatic heterocycles. The molecule has 2 N–H and O–H groups in total. The lowest BCUT2D eigenvalue weighted by Gasteiger charge is -2.07. The normalized spacial score (nSPS) is 10.2. The lowest BCUT2D eigenvalue weighted by atomic mass is 10.3. The molecule has 2 rings (SSSR count). The maximum absolute atomic E-state index is 11.8. The SMILES string of the molecule is CCCCOc1ccc(NC(=O)c2ccc[nH]2)cc1. The molecule has 0 aliphatic rings. The Bertz CT molecular complexity index is 503. The molecule has 0 unspecified atom stereocenters. The number of benzene rings is 1. The lowest BCUT2D eigenvalue weighted by molar-refractivity contribution is 0.102. The summed E-state index contributed by atoms with van der Waals surface area (Å²) >= 11 is 0. The first-order chi connectivity index (χ1) is 9.29. The molecule has 1 aromatic carbocycles. The van der Waals surface area contributed by atoms with Crippen LogP contribution in [0.3, 0.4) is 0 Å². The van der Waals surface area contributed by atoms with E-state index in [1.54, 1.807) is 18.3 Å². The van der Waals surface area contributed by atoms with Gasteiger partial charge in [0.25, 0.3) is 5.91 Å². The van der Waals surface area contributed by atoms with E-state index in [1.165, 1.54) is 0 Å². The van der Waals surface area contributed by atoms with Crippen LogP contribution in [-0.4, -0.2) is 17.5 Å². The second-order valence-electron chi connectivity index (χ2n) is 4.26. The number of amides is 1. The number of aromatic nitrogens is 1. The standard InChI is InChI=1S/C15H18N2O2/c1-2-3-11-19-13-8-6-12(7-9-13)17-15(18)14-5-4-10-16-14/h4-10,16H,2-3,11H2,1H3,(H,17,18). The Labute approximate surface area is 112 Å². The van der Waals surface area contributed by atoms with Gasteiger partial charge in [-0.2, -0.15) is 0 Å². The minimum Gasteiger partial charge on any atom is -0.494 e. The number of nitrogens with one attached hydrogen (secondary N) is 2. The summed E-state index contributed by atoms with van der Waals surface area (Å²) in [5, 5.41) is 2.81. The average molecular weight is 258 g/mol. The number of anilines is 1. The van der Waals surface area contributed by atoms with Crippen LogP contribution in [0.4, 0.5) is 5.69 Å². The first-order valence-electron chi connectivity index (χ1n) is 6.47. The molecule has 4 nitrogen and oxygen atoms in total. The summed E-state index contributed by atoms with van der Waals surface area (Å²) in [5.74, 6) is 0.677. The number of hydrogen-bond acceptors (Lipinski definition) is 2. The van der Waals surface area contributed by atoms with Gasteiger partial charge in [0.2, 0.25) is 0 Å². The summed E-state index contributed by atoms with van der Waals surface area (Å²) in [6.45, 7) is 2.85. The number of rotatable bonds is 6. The fourth-order valence-electron chi connectivity index (χ4n) is 1.64. The number of carbonyl (C=O) groups is 1. The molecule has 0 bridgehead atoms. The van der Waals surface area contributed by atoms with Crippen molar-refractivity contribution in [2.24, 2.45) is 0 Å². The van der Waals surface area contributed by atoms with Crippen molar-refractivity contribution < 1.29 is 9.53 Å². The summed E-state index contributed by atoms with van der Waals surface area (Å²) < 4.78 is 5.56. The molecule has 1 aromatic heterocycles. The van der Waals surface area contributed by atoms with Gasteiger partial charge in [-0.25, -0.2) is 0 Å². The van der Waals surface area contributed by atoms with Gasteiger partial charge in [0, 0.05) is 11.9 Å². The second kappa shape index (κ2) is 6.64. The molecule has 2 aromatic rings.